The second-order valence-electron chi connectivity index (χ2n) is 25.7. The molecule has 12 atom stereocenters. The molecule has 0 aliphatic carbocycles. The highest BCUT2D eigenvalue weighted by molar-refractivity contribution is 5.76. The average molecular weight is 1250 g/mol. The molecule has 14 heteroatoms. The van der Waals surface area contributed by atoms with Crippen molar-refractivity contribution in [2.24, 2.45) is 0 Å². The second-order valence-corrected chi connectivity index (χ2v) is 25.7. The Kier molecular flexibility index (Phi) is 54.4. The second kappa shape index (κ2) is 58.5. The molecule has 0 bridgehead atoms. The lowest BCUT2D eigenvalue weighted by Gasteiger charge is -2.46. The fourth-order valence-corrected chi connectivity index (χ4v) is 11.8. The van der Waals surface area contributed by atoms with E-state index in [9.17, 15) is 45.6 Å². The first-order chi connectivity index (χ1) is 43.1. The molecule has 2 saturated heterocycles. The topological polar surface area (TPSA) is 228 Å². The van der Waals surface area contributed by atoms with Gasteiger partial charge in [-0.25, -0.2) is 0 Å². The number of amides is 1. The molecule has 2 aliphatic heterocycles. The zero-order valence-electron chi connectivity index (χ0n) is 56.0. The van der Waals surface area contributed by atoms with Gasteiger partial charge in [0.25, 0.3) is 0 Å². The molecule has 514 valence electrons. The summed E-state index contributed by atoms with van der Waals surface area (Å²) in [5.41, 5.74) is 0. The van der Waals surface area contributed by atoms with Gasteiger partial charge in [0.2, 0.25) is 5.91 Å². The van der Waals surface area contributed by atoms with Crippen LogP contribution in [0.2, 0.25) is 0 Å². The monoisotopic (exact) mass is 1250 g/mol. The van der Waals surface area contributed by atoms with E-state index in [1.165, 1.54) is 231 Å². The molecule has 12 unspecified atom stereocenters. The van der Waals surface area contributed by atoms with Gasteiger partial charge in [0, 0.05) is 6.42 Å². The van der Waals surface area contributed by atoms with Gasteiger partial charge < -0.3 is 65.1 Å². The maximum atomic E-state index is 13.3. The van der Waals surface area contributed by atoms with Gasteiger partial charge in [-0.15, -0.1) is 0 Å². The van der Waals surface area contributed by atoms with Gasteiger partial charge in [-0.1, -0.05) is 293 Å². The first kappa shape index (κ1) is 81.8. The van der Waals surface area contributed by atoms with Crippen LogP contribution in [0.1, 0.15) is 309 Å². The fraction of sp³-hybridized carbons (Fsp3) is 0.851. The lowest BCUT2D eigenvalue weighted by atomic mass is 9.97. The number of carbonyl (C=O) groups is 1. The Hall–Kier alpha value is -2.31. The normalized spacial score (nSPS) is 23.5. The molecule has 0 aromatic heterocycles. The summed E-state index contributed by atoms with van der Waals surface area (Å²) in [7, 11) is 0. The van der Waals surface area contributed by atoms with Crippen LogP contribution in [0.15, 0.2) is 60.8 Å². The van der Waals surface area contributed by atoms with Crippen molar-refractivity contribution in [1.29, 1.82) is 0 Å². The van der Waals surface area contributed by atoms with Gasteiger partial charge in [-0.3, -0.25) is 4.79 Å². The molecule has 0 radical (unpaired) electrons. The predicted octanol–water partition coefficient (Wildman–Crippen LogP) is 15.2. The van der Waals surface area contributed by atoms with E-state index in [1.807, 2.05) is 6.08 Å². The highest BCUT2D eigenvalue weighted by Crippen LogP contribution is 2.30. The van der Waals surface area contributed by atoms with E-state index in [0.29, 0.717) is 12.8 Å². The Bertz CT molecular complexity index is 1710. The summed E-state index contributed by atoms with van der Waals surface area (Å²) in [4.78, 5) is 13.3. The van der Waals surface area contributed by atoms with E-state index >= 15 is 0 Å². The molecule has 0 aromatic carbocycles. The third-order valence-electron chi connectivity index (χ3n) is 17.7. The molecule has 1 amide bonds. The van der Waals surface area contributed by atoms with Crippen molar-refractivity contribution >= 4 is 5.91 Å². The van der Waals surface area contributed by atoms with Gasteiger partial charge in [0.1, 0.15) is 48.8 Å². The number of hydrogen-bond acceptors (Lipinski definition) is 13. The number of carbonyl (C=O) groups excluding carboxylic acids is 1. The zero-order valence-corrected chi connectivity index (χ0v) is 56.0. The van der Waals surface area contributed by atoms with E-state index in [2.05, 4.69) is 67.8 Å². The van der Waals surface area contributed by atoms with Crippen molar-refractivity contribution in [2.75, 3.05) is 19.8 Å². The van der Waals surface area contributed by atoms with Crippen LogP contribution >= 0.6 is 0 Å². The molecule has 0 spiro atoms. The molecule has 9 N–H and O–H groups in total. The largest absolute Gasteiger partial charge is 0.394 e. The summed E-state index contributed by atoms with van der Waals surface area (Å²) in [5, 5.41) is 87.5. The Balaban J connectivity index is 1.69. The predicted molar refractivity (Wildman–Crippen MR) is 360 cm³/mol. The third kappa shape index (κ3) is 42.0. The lowest BCUT2D eigenvalue weighted by Crippen LogP contribution is -2.65. The summed E-state index contributed by atoms with van der Waals surface area (Å²) in [6.07, 6.45) is 61.4. The Morgan fingerprint density at radius 1 is 0.409 bits per heavy atom. The molecule has 0 saturated carbocycles. The molecule has 2 fully saturated rings. The van der Waals surface area contributed by atoms with Crippen LogP contribution in [0.3, 0.4) is 0 Å². The molecule has 88 heavy (non-hydrogen) atoms. The summed E-state index contributed by atoms with van der Waals surface area (Å²) < 4.78 is 22.9. The summed E-state index contributed by atoms with van der Waals surface area (Å²) in [6.45, 7) is 2.81. The van der Waals surface area contributed by atoms with Gasteiger partial charge in [0.15, 0.2) is 12.6 Å². The van der Waals surface area contributed by atoms with E-state index in [1.54, 1.807) is 6.08 Å². The number of unbranched alkanes of at least 4 members (excludes halogenated alkanes) is 39. The minimum absolute atomic E-state index is 0.249. The van der Waals surface area contributed by atoms with Crippen molar-refractivity contribution in [3.8, 4) is 0 Å². The van der Waals surface area contributed by atoms with Crippen molar-refractivity contribution in [3.05, 3.63) is 60.8 Å². The van der Waals surface area contributed by atoms with Gasteiger partial charge in [-0.2, -0.15) is 0 Å². The molecular weight excluding hydrogens is 1110 g/mol. The lowest BCUT2D eigenvalue weighted by molar-refractivity contribution is -0.359. The van der Waals surface area contributed by atoms with Gasteiger partial charge >= 0.3 is 0 Å². The number of aliphatic hydroxyl groups is 8. The van der Waals surface area contributed by atoms with Crippen LogP contribution in [0.5, 0.6) is 0 Å². The maximum absolute atomic E-state index is 13.3. The summed E-state index contributed by atoms with van der Waals surface area (Å²) in [5.74, 6) is -0.249. The van der Waals surface area contributed by atoms with E-state index < -0.39 is 86.8 Å². The minimum Gasteiger partial charge on any atom is -0.394 e. The van der Waals surface area contributed by atoms with Crippen LogP contribution in [-0.2, 0) is 23.7 Å². The standard InChI is InChI=1S/C74H135NO13/c1-3-5-7-9-11-13-15-17-19-21-23-25-27-29-31-33-35-37-39-41-43-45-47-49-51-53-55-57-63(78)62(61-85-73-71(84)69(82)72(65(60-77)87-73)88-74-70(83)68(81)67(80)64(59-76)86-74)75-66(79)58-56-54-52-50-48-46-44-42-40-38-36-34-32-30-28-26-24-22-20-18-16-14-12-10-8-6-4-2/h16,18,22,24,28,30,47,49,55,57,62-65,67-74,76-78,80-84H,3-15,17,19-21,23,25-27,29,31-46,48,50-54,56,58-61H2,1-2H3,(H,75,79)/b18-16-,24-22-,30-28-,49-47+,57-55+. The highest BCUT2D eigenvalue weighted by atomic mass is 16.7. The molecular formula is C74H135NO13. The smallest absolute Gasteiger partial charge is 0.220 e. The molecule has 14 nitrogen and oxygen atoms in total. The van der Waals surface area contributed by atoms with Crippen molar-refractivity contribution in [1.82, 2.24) is 5.32 Å². The Morgan fingerprint density at radius 3 is 1.19 bits per heavy atom. The molecule has 2 aliphatic rings. The number of allylic oxidation sites excluding steroid dienone is 9. The minimum atomic E-state index is -1.79. The maximum Gasteiger partial charge on any atom is 0.220 e. The summed E-state index contributed by atoms with van der Waals surface area (Å²) in [6, 6.07) is -0.936. The van der Waals surface area contributed by atoms with Crippen LogP contribution in [0, 0.1) is 0 Å². The van der Waals surface area contributed by atoms with Crippen LogP contribution in [-0.4, -0.2) is 140 Å². The van der Waals surface area contributed by atoms with Crippen molar-refractivity contribution < 1.29 is 64.6 Å². The third-order valence-corrected chi connectivity index (χ3v) is 17.7. The van der Waals surface area contributed by atoms with Crippen molar-refractivity contribution in [3.63, 3.8) is 0 Å². The first-order valence-corrected chi connectivity index (χ1v) is 36.5. The van der Waals surface area contributed by atoms with E-state index in [0.717, 1.165) is 44.9 Å². The van der Waals surface area contributed by atoms with Crippen molar-refractivity contribution in [2.45, 2.75) is 383 Å². The number of nitrogens with one attached hydrogen (secondary N) is 1. The highest BCUT2D eigenvalue weighted by Gasteiger charge is 2.51. The molecule has 2 rings (SSSR count). The quantitative estimate of drug-likeness (QED) is 0.0204. The van der Waals surface area contributed by atoms with Crippen LogP contribution in [0.4, 0.5) is 0 Å². The Morgan fingerprint density at radius 2 is 0.761 bits per heavy atom. The number of rotatable bonds is 60. The number of aliphatic hydroxyl groups excluding tert-OH is 8. The summed E-state index contributed by atoms with van der Waals surface area (Å²) >= 11 is 0. The average Bonchev–Trinajstić information content (AvgIpc) is 1.93. The molecule has 2 heterocycles. The van der Waals surface area contributed by atoms with Gasteiger partial charge in [0.05, 0.1) is 32.0 Å². The van der Waals surface area contributed by atoms with Gasteiger partial charge in [-0.05, 0) is 70.6 Å². The fourth-order valence-electron chi connectivity index (χ4n) is 11.8. The number of ether oxygens (including phenoxy) is 4. The SMILES string of the molecule is CCCCCCC/C=C\C/C=C\C/C=C\CCCCCCCCCCCCCCC(=O)NC(COC1OC(CO)C(OC2OC(CO)C(O)C(O)C2O)C(O)C1O)C(O)/C=C/CC/C=C/CCCCCCCCCCCCCCCCCCCCCCC. The van der Waals surface area contributed by atoms with Crippen LogP contribution in [0.25, 0.3) is 0 Å². The van der Waals surface area contributed by atoms with E-state index in [-0.39, 0.29) is 18.9 Å². The van der Waals surface area contributed by atoms with Crippen LogP contribution < -0.4 is 5.32 Å². The Labute approximate surface area is 536 Å². The number of hydrogen-bond donors (Lipinski definition) is 9. The first-order valence-electron chi connectivity index (χ1n) is 36.5. The van der Waals surface area contributed by atoms with E-state index in [4.69, 9.17) is 18.9 Å². The zero-order chi connectivity index (χ0) is 63.8. The molecule has 0 aromatic rings.